The van der Waals surface area contributed by atoms with E-state index in [-0.39, 0.29) is 27.3 Å². The maximum absolute atomic E-state index is 4.14. The molecule has 2 heterocycles. The van der Waals surface area contributed by atoms with E-state index in [1.165, 1.54) is 0 Å². The minimum absolute atomic E-state index is 0. The van der Waals surface area contributed by atoms with Crippen LogP contribution in [0.25, 0.3) is 11.4 Å². The van der Waals surface area contributed by atoms with Crippen molar-refractivity contribution in [2.24, 2.45) is 0 Å². The zero-order valence-corrected chi connectivity index (χ0v) is 9.75. The molecule has 0 amide bonds. The third-order valence-electron chi connectivity index (χ3n) is 1.37. The van der Waals surface area contributed by atoms with Gasteiger partial charge in [-0.15, -0.1) is 0 Å². The predicted molar refractivity (Wildman–Crippen MR) is 44.4 cm³/mol. The molecule has 0 spiro atoms. The number of hydrogen-bond acceptors (Lipinski definition) is 2. The molecule has 52 valence electrons. The third kappa shape index (κ3) is 1.74. The first kappa shape index (κ1) is 8.58. The summed E-state index contributed by atoms with van der Waals surface area (Å²) in [4.78, 5) is 8.24. The van der Waals surface area contributed by atoms with Gasteiger partial charge in [-0.3, -0.25) is 9.97 Å². The summed E-state index contributed by atoms with van der Waals surface area (Å²) in [5, 5.41) is 0. The van der Waals surface area contributed by atoms with Gasteiger partial charge in [-0.05, 0) is 18.2 Å². The smallest absolute Gasteiger partial charge is 0.0901 e. The van der Waals surface area contributed by atoms with Crippen molar-refractivity contribution >= 4 is 27.3 Å². The maximum Gasteiger partial charge on any atom is 0.0901 e. The summed E-state index contributed by atoms with van der Waals surface area (Å²) in [7, 11) is 0. The van der Waals surface area contributed by atoms with Crippen molar-refractivity contribution in [3.63, 3.8) is 0 Å². The van der Waals surface area contributed by atoms with E-state index >= 15 is 0 Å². The summed E-state index contributed by atoms with van der Waals surface area (Å²) in [5.74, 6) is 0. The summed E-state index contributed by atoms with van der Waals surface area (Å²) in [6, 6.07) is 7.67. The van der Waals surface area contributed by atoms with Crippen LogP contribution in [0.5, 0.6) is 0 Å². The number of rotatable bonds is 0. The van der Waals surface area contributed by atoms with Crippen molar-refractivity contribution in [1.82, 2.24) is 9.97 Å². The first-order valence-corrected chi connectivity index (χ1v) is 3.12. The van der Waals surface area contributed by atoms with E-state index in [0.717, 1.165) is 11.4 Å². The van der Waals surface area contributed by atoms with E-state index in [1.807, 2.05) is 24.3 Å². The standard InChI is InChI=1S/C8H6N2.Pb/c1-2-5-9-8-4-6-10-7(8)3-1;/h1-6H;. The van der Waals surface area contributed by atoms with Crippen LogP contribution in [0.2, 0.25) is 0 Å². The molecule has 0 atom stereocenters. The molecular weight excluding hydrogens is 331 g/mol. The molecule has 0 aromatic carbocycles. The fraction of sp³-hybridized carbons (Fsp3) is 0. The number of nitrogens with zero attached hydrogens (tertiary/aromatic N) is 2. The van der Waals surface area contributed by atoms with E-state index in [9.17, 15) is 0 Å². The van der Waals surface area contributed by atoms with Crippen molar-refractivity contribution in [2.75, 3.05) is 0 Å². The van der Waals surface area contributed by atoms with Gasteiger partial charge >= 0.3 is 0 Å². The van der Waals surface area contributed by atoms with E-state index < -0.39 is 0 Å². The second-order valence-corrected chi connectivity index (χ2v) is 2.05. The van der Waals surface area contributed by atoms with Crippen molar-refractivity contribution in [1.29, 1.82) is 0 Å². The Morgan fingerprint density at radius 1 is 0.818 bits per heavy atom. The molecule has 2 aliphatic heterocycles. The molecule has 0 fully saturated rings. The van der Waals surface area contributed by atoms with Crippen LogP contribution in [0, 0.1) is 0 Å². The minimum atomic E-state index is 0. The van der Waals surface area contributed by atoms with Crippen LogP contribution in [0.15, 0.2) is 36.7 Å². The van der Waals surface area contributed by atoms with Crippen LogP contribution in [0.1, 0.15) is 0 Å². The van der Waals surface area contributed by atoms with E-state index in [0.29, 0.717) is 0 Å². The number of fused-ring (bicyclic) bond motifs is 1. The molecule has 4 radical (unpaired) electrons. The summed E-state index contributed by atoms with van der Waals surface area (Å²) in [6.07, 6.45) is 3.53. The Morgan fingerprint density at radius 3 is 2.45 bits per heavy atom. The van der Waals surface area contributed by atoms with Crippen LogP contribution in [-0.4, -0.2) is 37.3 Å². The van der Waals surface area contributed by atoms with Gasteiger partial charge in [0.2, 0.25) is 0 Å². The SMILES string of the molecule is [Pb].c1ccc2nccc-2nc1. The molecule has 0 bridgehead atoms. The van der Waals surface area contributed by atoms with Crippen molar-refractivity contribution in [3.05, 3.63) is 36.7 Å². The summed E-state index contributed by atoms with van der Waals surface area (Å²) in [5.41, 5.74) is 1.90. The molecule has 2 rings (SSSR count). The molecule has 0 aromatic rings. The summed E-state index contributed by atoms with van der Waals surface area (Å²) < 4.78 is 0. The molecule has 0 saturated carbocycles. The Kier molecular flexibility index (Phi) is 2.93. The van der Waals surface area contributed by atoms with Gasteiger partial charge in [0.15, 0.2) is 0 Å². The van der Waals surface area contributed by atoms with Gasteiger partial charge < -0.3 is 0 Å². The van der Waals surface area contributed by atoms with E-state index in [1.54, 1.807) is 12.4 Å². The summed E-state index contributed by atoms with van der Waals surface area (Å²) in [6.45, 7) is 0. The van der Waals surface area contributed by atoms with Gasteiger partial charge in [0.25, 0.3) is 0 Å². The molecule has 0 aromatic heterocycles. The molecule has 2 nitrogen and oxygen atoms in total. The fourth-order valence-corrected chi connectivity index (χ4v) is 0.897. The second-order valence-electron chi connectivity index (χ2n) is 2.05. The van der Waals surface area contributed by atoms with Gasteiger partial charge in [-0.2, -0.15) is 0 Å². The normalized spacial score (nSPS) is 9.09. The predicted octanol–water partition coefficient (Wildman–Crippen LogP) is 1.20. The first-order valence-electron chi connectivity index (χ1n) is 3.12. The van der Waals surface area contributed by atoms with Crippen LogP contribution in [0.3, 0.4) is 0 Å². The Hall–Kier alpha value is -0.518. The molecule has 11 heavy (non-hydrogen) atoms. The van der Waals surface area contributed by atoms with Gasteiger partial charge in [-0.25, -0.2) is 0 Å². The van der Waals surface area contributed by atoms with Crippen molar-refractivity contribution < 1.29 is 0 Å². The zero-order valence-electron chi connectivity index (χ0n) is 5.86. The summed E-state index contributed by atoms with van der Waals surface area (Å²) >= 11 is 0. The molecule has 0 saturated heterocycles. The Bertz CT molecular complexity index is 283. The van der Waals surface area contributed by atoms with Crippen LogP contribution >= 0.6 is 0 Å². The van der Waals surface area contributed by atoms with Gasteiger partial charge in [0.05, 0.1) is 11.4 Å². The number of aromatic nitrogens is 2. The van der Waals surface area contributed by atoms with Crippen LogP contribution in [0.4, 0.5) is 0 Å². The van der Waals surface area contributed by atoms with E-state index in [4.69, 9.17) is 0 Å². The van der Waals surface area contributed by atoms with E-state index in [2.05, 4.69) is 9.97 Å². The number of hydrogen-bond donors (Lipinski definition) is 0. The van der Waals surface area contributed by atoms with Crippen molar-refractivity contribution in [3.8, 4) is 11.4 Å². The van der Waals surface area contributed by atoms with Gasteiger partial charge in [0.1, 0.15) is 0 Å². The average molecular weight is 337 g/mol. The quantitative estimate of drug-likeness (QED) is 0.675. The Labute approximate surface area is 85.2 Å². The molecule has 0 N–H and O–H groups in total. The fourth-order valence-electron chi connectivity index (χ4n) is 0.897. The Balaban J connectivity index is 0.000000605. The second kappa shape index (κ2) is 3.75. The first-order chi connectivity index (χ1) is 4.97. The van der Waals surface area contributed by atoms with Crippen LogP contribution < -0.4 is 0 Å². The average Bonchev–Trinajstić information content (AvgIpc) is 2.28. The topological polar surface area (TPSA) is 25.8 Å². The minimum Gasteiger partial charge on any atom is -0.255 e. The molecule has 3 heteroatoms. The Morgan fingerprint density at radius 2 is 1.55 bits per heavy atom. The van der Waals surface area contributed by atoms with Crippen molar-refractivity contribution in [2.45, 2.75) is 0 Å². The monoisotopic (exact) mass is 338 g/mol. The molecule has 0 unspecified atom stereocenters. The third-order valence-corrected chi connectivity index (χ3v) is 1.37. The molecule has 0 aliphatic carbocycles. The van der Waals surface area contributed by atoms with Gasteiger partial charge in [-0.1, -0.05) is 6.07 Å². The van der Waals surface area contributed by atoms with Gasteiger partial charge in [0, 0.05) is 39.7 Å². The van der Waals surface area contributed by atoms with Crippen LogP contribution in [-0.2, 0) is 0 Å². The molecule has 2 aliphatic rings. The zero-order chi connectivity index (χ0) is 6.81. The molecular formula is C8H6N2Pb. The largest absolute Gasteiger partial charge is 0.255 e. The maximum atomic E-state index is 4.14.